The fourth-order valence-corrected chi connectivity index (χ4v) is 2.93. The maximum absolute atomic E-state index is 14.6. The second kappa shape index (κ2) is 7.80. The van der Waals surface area contributed by atoms with Crippen LogP contribution in [0, 0.1) is 11.6 Å². The highest BCUT2D eigenvalue weighted by Crippen LogP contribution is 2.35. The first-order valence-corrected chi connectivity index (χ1v) is 8.74. The molecule has 28 heavy (non-hydrogen) atoms. The zero-order valence-corrected chi connectivity index (χ0v) is 15.8. The van der Waals surface area contributed by atoms with Crippen LogP contribution in [0.15, 0.2) is 66.7 Å². The summed E-state index contributed by atoms with van der Waals surface area (Å²) in [4.78, 5) is 12.1. The molecule has 0 N–H and O–H groups in total. The summed E-state index contributed by atoms with van der Waals surface area (Å²) in [6.45, 7) is 3.72. The topological polar surface area (TPSA) is 35.5 Å². The van der Waals surface area contributed by atoms with Crippen molar-refractivity contribution in [2.75, 3.05) is 7.11 Å². The summed E-state index contributed by atoms with van der Waals surface area (Å²) < 4.78 is 38.8. The molecule has 144 valence electrons. The summed E-state index contributed by atoms with van der Waals surface area (Å²) in [5.74, 6) is -1.79. The van der Waals surface area contributed by atoms with Gasteiger partial charge in [-0.3, -0.25) is 0 Å². The Labute approximate surface area is 162 Å². The van der Waals surface area contributed by atoms with Gasteiger partial charge in [-0.05, 0) is 47.5 Å². The van der Waals surface area contributed by atoms with Crippen LogP contribution in [-0.4, -0.2) is 13.1 Å². The molecule has 5 heteroatoms. The third kappa shape index (κ3) is 3.88. The molecule has 0 aliphatic carbocycles. The van der Waals surface area contributed by atoms with Crippen molar-refractivity contribution in [2.45, 2.75) is 19.3 Å². The number of carbonyl (C=O) groups excluding carboxylic acids is 1. The molecular formula is C23H20F2O3. The highest BCUT2D eigenvalue weighted by molar-refractivity contribution is 5.91. The van der Waals surface area contributed by atoms with Crippen LogP contribution < -0.4 is 9.47 Å². The van der Waals surface area contributed by atoms with E-state index in [4.69, 9.17) is 9.47 Å². The van der Waals surface area contributed by atoms with Crippen LogP contribution in [0.3, 0.4) is 0 Å². The molecule has 0 saturated heterocycles. The van der Waals surface area contributed by atoms with E-state index in [2.05, 4.69) is 0 Å². The van der Waals surface area contributed by atoms with Crippen LogP contribution in [0.2, 0.25) is 0 Å². The third-order valence-electron chi connectivity index (χ3n) is 4.74. The van der Waals surface area contributed by atoms with Gasteiger partial charge >= 0.3 is 5.97 Å². The van der Waals surface area contributed by atoms with Gasteiger partial charge in [0.1, 0.15) is 0 Å². The van der Waals surface area contributed by atoms with E-state index < -0.39 is 23.0 Å². The first kappa shape index (κ1) is 19.5. The minimum absolute atomic E-state index is 0.147. The van der Waals surface area contributed by atoms with E-state index in [1.807, 2.05) is 13.8 Å². The Morgan fingerprint density at radius 1 is 0.821 bits per heavy atom. The SMILES string of the molecule is COc1ccc(C(C)(C)c2ccc(OC(=O)c3ccccc3)c(F)c2)cc1F. The first-order chi connectivity index (χ1) is 13.3. The van der Waals surface area contributed by atoms with Crippen molar-refractivity contribution in [1.82, 2.24) is 0 Å². The lowest BCUT2D eigenvalue weighted by Crippen LogP contribution is -2.20. The predicted molar refractivity (Wildman–Crippen MR) is 103 cm³/mol. The standard InChI is InChI=1S/C23H20F2O3/c1-23(2,16-9-11-20(27-3)18(24)13-16)17-10-12-21(19(25)14-17)28-22(26)15-7-5-4-6-8-15/h4-14H,1-3H3. The van der Waals surface area contributed by atoms with E-state index in [0.29, 0.717) is 16.7 Å². The second-order valence-corrected chi connectivity index (χ2v) is 6.88. The van der Waals surface area contributed by atoms with Crippen LogP contribution in [0.4, 0.5) is 8.78 Å². The molecule has 0 unspecified atom stereocenters. The summed E-state index contributed by atoms with van der Waals surface area (Å²) in [7, 11) is 1.40. The lowest BCUT2D eigenvalue weighted by molar-refractivity contribution is 0.0728. The number of methoxy groups -OCH3 is 1. The Balaban J connectivity index is 1.86. The van der Waals surface area contributed by atoms with E-state index in [1.54, 1.807) is 48.5 Å². The van der Waals surface area contributed by atoms with Gasteiger partial charge in [-0.1, -0.05) is 44.2 Å². The van der Waals surface area contributed by atoms with Crippen molar-refractivity contribution >= 4 is 5.97 Å². The Kier molecular flexibility index (Phi) is 5.45. The fourth-order valence-electron chi connectivity index (χ4n) is 2.93. The largest absolute Gasteiger partial charge is 0.494 e. The highest BCUT2D eigenvalue weighted by atomic mass is 19.1. The third-order valence-corrected chi connectivity index (χ3v) is 4.74. The smallest absolute Gasteiger partial charge is 0.343 e. The van der Waals surface area contributed by atoms with Crippen molar-refractivity contribution in [3.8, 4) is 11.5 Å². The molecule has 0 bridgehead atoms. The molecule has 0 aliphatic heterocycles. The summed E-state index contributed by atoms with van der Waals surface area (Å²) in [6.07, 6.45) is 0. The Morgan fingerprint density at radius 3 is 1.86 bits per heavy atom. The monoisotopic (exact) mass is 382 g/mol. The van der Waals surface area contributed by atoms with Crippen LogP contribution in [-0.2, 0) is 5.41 Å². The Bertz CT molecular complexity index is 998. The van der Waals surface area contributed by atoms with Crippen LogP contribution >= 0.6 is 0 Å². The molecule has 0 saturated carbocycles. The quantitative estimate of drug-likeness (QED) is 0.431. The zero-order chi connectivity index (χ0) is 20.3. The van der Waals surface area contributed by atoms with Gasteiger partial charge in [0.2, 0.25) is 0 Å². The molecule has 3 aromatic rings. The van der Waals surface area contributed by atoms with E-state index in [0.717, 1.165) is 0 Å². The van der Waals surface area contributed by atoms with Gasteiger partial charge in [0, 0.05) is 5.41 Å². The average molecular weight is 382 g/mol. The highest BCUT2D eigenvalue weighted by Gasteiger charge is 2.26. The average Bonchev–Trinajstić information content (AvgIpc) is 2.70. The van der Waals surface area contributed by atoms with E-state index >= 15 is 0 Å². The lowest BCUT2D eigenvalue weighted by atomic mass is 9.78. The van der Waals surface area contributed by atoms with Gasteiger partial charge in [-0.25, -0.2) is 13.6 Å². The number of ether oxygens (including phenoxy) is 2. The van der Waals surface area contributed by atoms with E-state index in [1.165, 1.54) is 25.3 Å². The number of benzene rings is 3. The van der Waals surface area contributed by atoms with Gasteiger partial charge in [0.15, 0.2) is 23.1 Å². The minimum Gasteiger partial charge on any atom is -0.494 e. The van der Waals surface area contributed by atoms with Gasteiger partial charge in [0.25, 0.3) is 0 Å². The van der Waals surface area contributed by atoms with Crippen molar-refractivity contribution in [1.29, 1.82) is 0 Å². The molecule has 3 aromatic carbocycles. The summed E-state index contributed by atoms with van der Waals surface area (Å²) in [5.41, 5.74) is 0.948. The van der Waals surface area contributed by atoms with Crippen molar-refractivity contribution < 1.29 is 23.0 Å². The fraction of sp³-hybridized carbons (Fsp3) is 0.174. The summed E-state index contributed by atoms with van der Waals surface area (Å²) >= 11 is 0. The summed E-state index contributed by atoms with van der Waals surface area (Å²) in [6, 6.07) is 17.4. The molecule has 3 nitrogen and oxygen atoms in total. The van der Waals surface area contributed by atoms with Crippen LogP contribution in [0.5, 0.6) is 11.5 Å². The molecule has 0 atom stereocenters. The number of esters is 1. The zero-order valence-electron chi connectivity index (χ0n) is 15.8. The normalized spacial score (nSPS) is 11.2. The molecule has 0 radical (unpaired) electrons. The van der Waals surface area contributed by atoms with Gasteiger partial charge in [-0.15, -0.1) is 0 Å². The minimum atomic E-state index is -0.671. The number of halogens is 2. The van der Waals surface area contributed by atoms with Crippen molar-refractivity contribution in [3.05, 3.63) is 95.1 Å². The Morgan fingerprint density at radius 2 is 1.36 bits per heavy atom. The second-order valence-electron chi connectivity index (χ2n) is 6.88. The molecule has 0 fully saturated rings. The number of hydrogen-bond acceptors (Lipinski definition) is 3. The molecular weight excluding hydrogens is 362 g/mol. The number of carbonyl (C=O) groups is 1. The number of hydrogen-bond donors (Lipinski definition) is 0. The maximum atomic E-state index is 14.6. The van der Waals surface area contributed by atoms with Gasteiger partial charge < -0.3 is 9.47 Å². The van der Waals surface area contributed by atoms with E-state index in [9.17, 15) is 13.6 Å². The van der Waals surface area contributed by atoms with Crippen molar-refractivity contribution in [2.24, 2.45) is 0 Å². The number of rotatable bonds is 5. The first-order valence-electron chi connectivity index (χ1n) is 8.74. The maximum Gasteiger partial charge on any atom is 0.343 e. The van der Waals surface area contributed by atoms with Gasteiger partial charge in [0.05, 0.1) is 12.7 Å². The molecule has 0 heterocycles. The molecule has 0 spiro atoms. The Hall–Kier alpha value is -3.21. The predicted octanol–water partition coefficient (Wildman–Crippen LogP) is 5.52. The molecule has 0 amide bonds. The van der Waals surface area contributed by atoms with Crippen LogP contribution in [0.1, 0.15) is 35.3 Å². The summed E-state index contributed by atoms with van der Waals surface area (Å²) in [5, 5.41) is 0. The van der Waals surface area contributed by atoms with Crippen LogP contribution in [0.25, 0.3) is 0 Å². The lowest BCUT2D eigenvalue weighted by Gasteiger charge is -2.26. The van der Waals surface area contributed by atoms with E-state index in [-0.39, 0.29) is 11.5 Å². The van der Waals surface area contributed by atoms with Gasteiger partial charge in [-0.2, -0.15) is 0 Å². The van der Waals surface area contributed by atoms with Crippen molar-refractivity contribution in [3.63, 3.8) is 0 Å². The molecule has 3 rings (SSSR count). The molecule has 0 aromatic heterocycles. The molecule has 0 aliphatic rings.